The Hall–Kier alpha value is -3.63. The van der Waals surface area contributed by atoms with Crippen molar-refractivity contribution >= 4 is 23.4 Å². The maximum atomic E-state index is 13.3. The molecule has 2 aliphatic heterocycles. The molecule has 1 unspecified atom stereocenters. The summed E-state index contributed by atoms with van der Waals surface area (Å²) >= 11 is 0. The highest BCUT2D eigenvalue weighted by atomic mass is 16.2. The Morgan fingerprint density at radius 2 is 1.81 bits per heavy atom. The van der Waals surface area contributed by atoms with Crippen LogP contribution in [0.4, 0.5) is 0 Å². The standard InChI is InChI=1S/C29H29N3O4/c1-2-22-9-7-20(17-30-22)18-31-14-12-19(13-15-31)6-8-21-4-3-5-24-27(21)29(36)32(28(24)35)25-11-10-23(33)16-26(25)34/h1,3-5,7,9,17,19,25H,6,8,10-16,18H2. The van der Waals surface area contributed by atoms with Crippen LogP contribution in [0.25, 0.3) is 0 Å². The predicted octanol–water partition coefficient (Wildman–Crippen LogP) is 3.19. The largest absolute Gasteiger partial charge is 0.299 e. The highest BCUT2D eigenvalue weighted by molar-refractivity contribution is 6.24. The Labute approximate surface area is 210 Å². The maximum absolute atomic E-state index is 13.3. The third-order valence-corrected chi connectivity index (χ3v) is 7.69. The number of piperidine rings is 1. The third-order valence-electron chi connectivity index (χ3n) is 7.69. The van der Waals surface area contributed by atoms with Crippen molar-refractivity contribution < 1.29 is 19.2 Å². The van der Waals surface area contributed by atoms with Gasteiger partial charge in [-0.05, 0) is 74.4 Å². The average molecular weight is 484 g/mol. The summed E-state index contributed by atoms with van der Waals surface area (Å²) in [7, 11) is 0. The van der Waals surface area contributed by atoms with Crippen molar-refractivity contribution in [3.8, 4) is 12.3 Å². The van der Waals surface area contributed by atoms with Crippen LogP contribution in [0.1, 0.15) is 76.1 Å². The molecule has 2 amide bonds. The number of ketones is 2. The fraction of sp³-hybridized carbons (Fsp3) is 0.414. The van der Waals surface area contributed by atoms with E-state index in [0.29, 0.717) is 22.7 Å². The molecular weight excluding hydrogens is 454 g/mol. The van der Waals surface area contributed by atoms with Crippen molar-refractivity contribution in [3.63, 3.8) is 0 Å². The van der Waals surface area contributed by atoms with Crippen molar-refractivity contribution in [2.75, 3.05) is 13.1 Å². The number of rotatable bonds is 6. The Morgan fingerprint density at radius 1 is 1.00 bits per heavy atom. The lowest BCUT2D eigenvalue weighted by Crippen LogP contribution is -2.47. The number of amides is 2. The summed E-state index contributed by atoms with van der Waals surface area (Å²) in [6.07, 6.45) is 11.3. The smallest absolute Gasteiger partial charge is 0.262 e. The lowest BCUT2D eigenvalue weighted by molar-refractivity contribution is -0.132. The number of carbonyl (C=O) groups excluding carboxylic acids is 4. The summed E-state index contributed by atoms with van der Waals surface area (Å²) in [5.74, 6) is 1.82. The number of benzene rings is 1. The minimum atomic E-state index is -0.828. The van der Waals surface area contributed by atoms with Gasteiger partial charge in [-0.15, -0.1) is 6.42 Å². The molecule has 0 bridgehead atoms. The summed E-state index contributed by atoms with van der Waals surface area (Å²) in [6, 6.07) is 8.48. The zero-order valence-corrected chi connectivity index (χ0v) is 20.2. The van der Waals surface area contributed by atoms with E-state index in [1.165, 1.54) is 0 Å². The van der Waals surface area contributed by atoms with Crippen LogP contribution >= 0.6 is 0 Å². The van der Waals surface area contributed by atoms with Gasteiger partial charge in [-0.1, -0.05) is 24.1 Å². The molecule has 5 rings (SSSR count). The fourth-order valence-electron chi connectivity index (χ4n) is 5.65. The van der Waals surface area contributed by atoms with Gasteiger partial charge in [0, 0.05) is 19.2 Å². The van der Waals surface area contributed by atoms with Crippen LogP contribution in [0.15, 0.2) is 36.5 Å². The van der Waals surface area contributed by atoms with Crippen molar-refractivity contribution in [2.45, 2.75) is 57.5 Å². The van der Waals surface area contributed by atoms with E-state index in [2.05, 4.69) is 15.8 Å². The third kappa shape index (κ3) is 4.74. The minimum absolute atomic E-state index is 0.127. The number of Topliss-reactive ketones (excluding diaryl/α,β-unsaturated/α-hetero) is 2. The summed E-state index contributed by atoms with van der Waals surface area (Å²) in [5, 5.41) is 0. The van der Waals surface area contributed by atoms with Crippen LogP contribution in [0, 0.1) is 18.3 Å². The summed E-state index contributed by atoms with van der Waals surface area (Å²) < 4.78 is 0. The van der Waals surface area contributed by atoms with Crippen LogP contribution in [0.2, 0.25) is 0 Å². The van der Waals surface area contributed by atoms with Crippen LogP contribution in [0.5, 0.6) is 0 Å². The quantitative estimate of drug-likeness (QED) is 0.356. The van der Waals surface area contributed by atoms with E-state index in [1.807, 2.05) is 30.5 Å². The Morgan fingerprint density at radius 3 is 2.50 bits per heavy atom. The minimum Gasteiger partial charge on any atom is -0.299 e. The number of hydrogen-bond donors (Lipinski definition) is 0. The number of pyridine rings is 1. The van der Waals surface area contributed by atoms with E-state index in [-0.39, 0.29) is 30.8 Å². The molecule has 2 fully saturated rings. The van der Waals surface area contributed by atoms with E-state index >= 15 is 0 Å². The van der Waals surface area contributed by atoms with Crippen molar-refractivity contribution in [2.24, 2.45) is 5.92 Å². The molecule has 0 N–H and O–H groups in total. The van der Waals surface area contributed by atoms with Gasteiger partial charge in [-0.2, -0.15) is 0 Å². The molecule has 184 valence electrons. The second-order valence-corrected chi connectivity index (χ2v) is 10.0. The van der Waals surface area contributed by atoms with Crippen LogP contribution in [-0.2, 0) is 22.6 Å². The van der Waals surface area contributed by atoms with Gasteiger partial charge in [-0.3, -0.25) is 29.0 Å². The van der Waals surface area contributed by atoms with Crippen LogP contribution < -0.4 is 0 Å². The number of hydrogen-bond acceptors (Lipinski definition) is 6. The number of likely N-dealkylation sites (tertiary alicyclic amines) is 1. The topological polar surface area (TPSA) is 87.7 Å². The zero-order chi connectivity index (χ0) is 25.2. The normalized spacial score (nSPS) is 21.1. The van der Waals surface area contributed by atoms with Gasteiger partial charge in [0.2, 0.25) is 0 Å². The molecule has 2 aromatic rings. The molecule has 36 heavy (non-hydrogen) atoms. The molecule has 1 saturated carbocycles. The Bertz CT molecular complexity index is 1250. The highest BCUT2D eigenvalue weighted by Gasteiger charge is 2.45. The number of aromatic nitrogens is 1. The molecule has 0 spiro atoms. The van der Waals surface area contributed by atoms with Gasteiger partial charge in [0.05, 0.1) is 23.6 Å². The summed E-state index contributed by atoms with van der Waals surface area (Å²) in [5.41, 5.74) is 3.48. The summed E-state index contributed by atoms with van der Waals surface area (Å²) in [4.78, 5) is 58.2. The molecule has 1 atom stereocenters. The molecule has 7 nitrogen and oxygen atoms in total. The van der Waals surface area contributed by atoms with Gasteiger partial charge in [0.1, 0.15) is 11.5 Å². The molecule has 1 aliphatic carbocycles. The lowest BCUT2D eigenvalue weighted by Gasteiger charge is -2.32. The van der Waals surface area contributed by atoms with E-state index in [9.17, 15) is 19.2 Å². The van der Waals surface area contributed by atoms with Crippen molar-refractivity contribution in [1.82, 2.24) is 14.8 Å². The first kappa shape index (κ1) is 24.1. The highest BCUT2D eigenvalue weighted by Crippen LogP contribution is 2.32. The molecule has 7 heteroatoms. The number of fused-ring (bicyclic) bond motifs is 1. The first-order chi connectivity index (χ1) is 17.4. The van der Waals surface area contributed by atoms with Gasteiger partial charge in [-0.25, -0.2) is 4.98 Å². The van der Waals surface area contributed by atoms with Gasteiger partial charge in [0.25, 0.3) is 11.8 Å². The van der Waals surface area contributed by atoms with Gasteiger partial charge >= 0.3 is 0 Å². The van der Waals surface area contributed by atoms with Crippen LogP contribution in [-0.4, -0.2) is 57.3 Å². The molecular formula is C29H29N3O4. The van der Waals surface area contributed by atoms with E-state index < -0.39 is 17.9 Å². The Balaban J connectivity index is 1.19. The number of terminal acetylenes is 1. The molecule has 0 radical (unpaired) electrons. The molecule has 1 saturated heterocycles. The number of nitrogens with zero attached hydrogens (tertiary/aromatic N) is 3. The number of aryl methyl sites for hydroxylation is 1. The van der Waals surface area contributed by atoms with Crippen LogP contribution in [0.3, 0.4) is 0 Å². The fourth-order valence-corrected chi connectivity index (χ4v) is 5.65. The van der Waals surface area contributed by atoms with E-state index in [1.54, 1.807) is 6.07 Å². The monoisotopic (exact) mass is 483 g/mol. The zero-order valence-electron chi connectivity index (χ0n) is 20.2. The van der Waals surface area contributed by atoms with Crippen molar-refractivity contribution in [3.05, 3.63) is 64.5 Å². The summed E-state index contributed by atoms with van der Waals surface area (Å²) in [6.45, 7) is 2.86. The molecule has 3 heterocycles. The molecule has 1 aromatic heterocycles. The van der Waals surface area contributed by atoms with Gasteiger partial charge in [0.15, 0.2) is 5.78 Å². The van der Waals surface area contributed by atoms with E-state index in [0.717, 1.165) is 61.3 Å². The first-order valence-corrected chi connectivity index (χ1v) is 12.6. The van der Waals surface area contributed by atoms with Gasteiger partial charge < -0.3 is 0 Å². The first-order valence-electron chi connectivity index (χ1n) is 12.6. The maximum Gasteiger partial charge on any atom is 0.262 e. The molecule has 1 aromatic carbocycles. The van der Waals surface area contributed by atoms with E-state index in [4.69, 9.17) is 6.42 Å². The lowest BCUT2D eigenvalue weighted by atomic mass is 9.88. The average Bonchev–Trinajstić information content (AvgIpc) is 3.14. The SMILES string of the molecule is C#Cc1ccc(CN2CCC(CCc3cccc4c3C(=O)N(C3CCC(=O)CC3=O)C4=O)CC2)cn1. The van der Waals surface area contributed by atoms with Crippen molar-refractivity contribution in [1.29, 1.82) is 0 Å². The number of carbonyl (C=O) groups is 4. The second kappa shape index (κ2) is 10.2. The molecule has 3 aliphatic rings. The number of imide groups is 1. The second-order valence-electron chi connectivity index (χ2n) is 10.0. The predicted molar refractivity (Wildman–Crippen MR) is 133 cm³/mol. The Kier molecular flexibility index (Phi) is 6.80.